The fraction of sp³-hybridized carbons (Fsp3) is 0.500. The van der Waals surface area contributed by atoms with Crippen LogP contribution in [0.4, 0.5) is 10.5 Å². The molecule has 7 nitrogen and oxygen atoms in total. The Hall–Kier alpha value is -2.28. The van der Waals surface area contributed by atoms with Crippen molar-refractivity contribution in [3.8, 4) is 5.75 Å². The highest BCUT2D eigenvalue weighted by atomic mass is 16.6. The summed E-state index contributed by atoms with van der Waals surface area (Å²) in [4.78, 5) is 23.0. The van der Waals surface area contributed by atoms with E-state index in [2.05, 4.69) is 5.32 Å². The molecule has 0 bridgehead atoms. The zero-order valence-corrected chi connectivity index (χ0v) is 14.0. The fourth-order valence-electron chi connectivity index (χ4n) is 1.94. The van der Waals surface area contributed by atoms with Crippen molar-refractivity contribution in [3.05, 3.63) is 23.8 Å². The molecule has 0 spiro atoms. The number of carboxylic acid groups (broad SMARTS) is 1. The van der Waals surface area contributed by atoms with E-state index in [9.17, 15) is 14.7 Å². The molecule has 0 saturated heterocycles. The van der Waals surface area contributed by atoms with Crippen molar-refractivity contribution in [2.75, 3.05) is 5.32 Å². The number of hydrogen-bond donors (Lipinski definition) is 4. The van der Waals surface area contributed by atoms with E-state index in [0.29, 0.717) is 5.56 Å². The molecule has 128 valence electrons. The van der Waals surface area contributed by atoms with Crippen LogP contribution >= 0.6 is 0 Å². The molecule has 1 amide bonds. The lowest BCUT2D eigenvalue weighted by Crippen LogP contribution is -2.46. The van der Waals surface area contributed by atoms with Gasteiger partial charge in [-0.15, -0.1) is 0 Å². The SMILES string of the molecule is CC(C)(C)OC(=O)Nc1cc(C(C)(C)C(N)C(=O)O)ccc1O. The summed E-state index contributed by atoms with van der Waals surface area (Å²) >= 11 is 0. The number of ether oxygens (including phenoxy) is 1. The van der Waals surface area contributed by atoms with Gasteiger partial charge >= 0.3 is 12.1 Å². The molecule has 1 rings (SSSR count). The predicted octanol–water partition coefficient (Wildman–Crippen LogP) is 2.43. The van der Waals surface area contributed by atoms with Gasteiger partial charge in [-0.25, -0.2) is 4.79 Å². The van der Waals surface area contributed by atoms with E-state index in [1.54, 1.807) is 40.7 Å². The molecule has 7 heteroatoms. The summed E-state index contributed by atoms with van der Waals surface area (Å²) in [5.74, 6) is -1.29. The molecule has 1 unspecified atom stereocenters. The minimum absolute atomic E-state index is 0.127. The second-order valence-corrected chi connectivity index (χ2v) is 6.90. The summed E-state index contributed by atoms with van der Waals surface area (Å²) in [5, 5.41) is 21.4. The minimum atomic E-state index is -1.14. The number of carboxylic acids is 1. The van der Waals surface area contributed by atoms with Crippen molar-refractivity contribution in [1.29, 1.82) is 0 Å². The lowest BCUT2D eigenvalue weighted by Gasteiger charge is -2.30. The van der Waals surface area contributed by atoms with Crippen molar-refractivity contribution in [3.63, 3.8) is 0 Å². The number of benzene rings is 1. The number of aromatic hydroxyl groups is 1. The average Bonchev–Trinajstić information content (AvgIpc) is 2.37. The third-order valence-electron chi connectivity index (χ3n) is 3.42. The number of carbonyl (C=O) groups excluding carboxylic acids is 1. The first-order valence-electron chi connectivity index (χ1n) is 7.16. The van der Waals surface area contributed by atoms with Crippen molar-refractivity contribution < 1.29 is 24.5 Å². The van der Waals surface area contributed by atoms with Crippen LogP contribution in [-0.4, -0.2) is 33.9 Å². The molecule has 0 aliphatic heterocycles. The quantitative estimate of drug-likeness (QED) is 0.631. The number of aliphatic carboxylic acids is 1. The third-order valence-corrected chi connectivity index (χ3v) is 3.42. The maximum absolute atomic E-state index is 11.8. The number of anilines is 1. The van der Waals surface area contributed by atoms with Crippen LogP contribution in [-0.2, 0) is 14.9 Å². The summed E-state index contributed by atoms with van der Waals surface area (Å²) < 4.78 is 5.13. The van der Waals surface area contributed by atoms with Crippen molar-refractivity contribution >= 4 is 17.7 Å². The van der Waals surface area contributed by atoms with Gasteiger partial charge in [0, 0.05) is 5.41 Å². The Morgan fingerprint density at radius 2 is 1.78 bits per heavy atom. The second kappa shape index (κ2) is 6.45. The van der Waals surface area contributed by atoms with Crippen LogP contribution in [0.2, 0.25) is 0 Å². The summed E-state index contributed by atoms with van der Waals surface area (Å²) in [7, 11) is 0. The van der Waals surface area contributed by atoms with Gasteiger partial charge in [-0.2, -0.15) is 0 Å². The molecule has 0 aliphatic rings. The zero-order chi connectivity index (χ0) is 18.0. The Kier molecular flexibility index (Phi) is 5.27. The molecule has 0 aromatic heterocycles. The molecule has 1 aromatic rings. The molecule has 0 aliphatic carbocycles. The van der Waals surface area contributed by atoms with Crippen LogP contribution in [0.25, 0.3) is 0 Å². The van der Waals surface area contributed by atoms with Gasteiger partial charge in [0.05, 0.1) is 5.69 Å². The van der Waals surface area contributed by atoms with E-state index in [1.807, 2.05) is 0 Å². The van der Waals surface area contributed by atoms with Gasteiger partial charge in [0.15, 0.2) is 0 Å². The van der Waals surface area contributed by atoms with Gasteiger partial charge in [0.2, 0.25) is 0 Å². The molecular formula is C16H24N2O5. The maximum atomic E-state index is 11.8. The minimum Gasteiger partial charge on any atom is -0.506 e. The lowest BCUT2D eigenvalue weighted by molar-refractivity contribution is -0.140. The summed E-state index contributed by atoms with van der Waals surface area (Å²) in [6.07, 6.45) is -0.717. The van der Waals surface area contributed by atoms with E-state index in [-0.39, 0.29) is 11.4 Å². The van der Waals surface area contributed by atoms with Crippen LogP contribution in [0.1, 0.15) is 40.2 Å². The van der Waals surface area contributed by atoms with Crippen LogP contribution in [0.3, 0.4) is 0 Å². The first kappa shape index (κ1) is 18.8. The Labute approximate surface area is 135 Å². The van der Waals surface area contributed by atoms with Crippen LogP contribution < -0.4 is 11.1 Å². The number of amides is 1. The maximum Gasteiger partial charge on any atom is 0.412 e. The van der Waals surface area contributed by atoms with Crippen LogP contribution in [0.15, 0.2) is 18.2 Å². The number of nitrogens with two attached hydrogens (primary N) is 1. The van der Waals surface area contributed by atoms with E-state index in [1.165, 1.54) is 12.1 Å². The number of carbonyl (C=O) groups is 2. The summed E-state index contributed by atoms with van der Waals surface area (Å²) in [5.41, 5.74) is 4.84. The normalized spacial score (nSPS) is 13.3. The molecule has 5 N–H and O–H groups in total. The topological polar surface area (TPSA) is 122 Å². The van der Waals surface area contributed by atoms with E-state index in [0.717, 1.165) is 0 Å². The van der Waals surface area contributed by atoms with Gasteiger partial charge < -0.3 is 20.7 Å². The monoisotopic (exact) mass is 324 g/mol. The Morgan fingerprint density at radius 3 is 2.26 bits per heavy atom. The number of phenols is 1. The van der Waals surface area contributed by atoms with Gasteiger partial charge in [0.1, 0.15) is 17.4 Å². The Bertz CT molecular complexity index is 605. The van der Waals surface area contributed by atoms with E-state index < -0.39 is 29.1 Å². The summed E-state index contributed by atoms with van der Waals surface area (Å²) in [6, 6.07) is 3.29. The van der Waals surface area contributed by atoms with E-state index >= 15 is 0 Å². The van der Waals surface area contributed by atoms with Gasteiger partial charge in [-0.05, 0) is 38.5 Å². The number of hydrogen-bond acceptors (Lipinski definition) is 5. The zero-order valence-electron chi connectivity index (χ0n) is 14.0. The number of phenolic OH excluding ortho intramolecular Hbond substituents is 1. The number of nitrogens with one attached hydrogen (secondary N) is 1. The van der Waals surface area contributed by atoms with Crippen molar-refractivity contribution in [2.45, 2.75) is 51.7 Å². The Morgan fingerprint density at radius 1 is 1.22 bits per heavy atom. The fourth-order valence-corrected chi connectivity index (χ4v) is 1.94. The highest BCUT2D eigenvalue weighted by molar-refractivity contribution is 5.87. The van der Waals surface area contributed by atoms with Gasteiger partial charge in [0.25, 0.3) is 0 Å². The highest BCUT2D eigenvalue weighted by Crippen LogP contribution is 2.33. The molecule has 23 heavy (non-hydrogen) atoms. The van der Waals surface area contributed by atoms with Gasteiger partial charge in [-0.3, -0.25) is 10.1 Å². The largest absolute Gasteiger partial charge is 0.506 e. The van der Waals surface area contributed by atoms with Gasteiger partial charge in [-0.1, -0.05) is 19.9 Å². The van der Waals surface area contributed by atoms with Crippen LogP contribution in [0, 0.1) is 0 Å². The van der Waals surface area contributed by atoms with E-state index in [4.69, 9.17) is 15.6 Å². The highest BCUT2D eigenvalue weighted by Gasteiger charge is 2.34. The first-order valence-corrected chi connectivity index (χ1v) is 7.16. The van der Waals surface area contributed by atoms with Crippen molar-refractivity contribution in [2.24, 2.45) is 5.73 Å². The molecule has 1 atom stereocenters. The second-order valence-electron chi connectivity index (χ2n) is 6.90. The first-order chi connectivity index (χ1) is 10.3. The molecule has 0 saturated carbocycles. The Balaban J connectivity index is 3.09. The predicted molar refractivity (Wildman–Crippen MR) is 86.6 cm³/mol. The molecule has 0 fully saturated rings. The smallest absolute Gasteiger partial charge is 0.412 e. The van der Waals surface area contributed by atoms with Crippen molar-refractivity contribution in [1.82, 2.24) is 0 Å². The average molecular weight is 324 g/mol. The summed E-state index contributed by atoms with van der Waals surface area (Å²) in [6.45, 7) is 8.51. The molecule has 0 heterocycles. The lowest BCUT2D eigenvalue weighted by atomic mass is 9.78. The molecule has 1 aromatic carbocycles. The standard InChI is InChI=1S/C16H24N2O5/c1-15(2,3)23-14(22)18-10-8-9(6-7-11(10)19)16(4,5)12(17)13(20)21/h6-8,12,19H,17H2,1-5H3,(H,18,22)(H,20,21). The van der Waals surface area contributed by atoms with Crippen LogP contribution in [0.5, 0.6) is 5.75 Å². The third kappa shape index (κ3) is 4.85. The number of rotatable bonds is 4. The molecule has 0 radical (unpaired) electrons. The molecular weight excluding hydrogens is 300 g/mol.